The first-order valence-electron chi connectivity index (χ1n) is 8.31. The summed E-state index contributed by atoms with van der Waals surface area (Å²) in [6, 6.07) is 12.4. The fourth-order valence-corrected chi connectivity index (χ4v) is 2.81. The summed E-state index contributed by atoms with van der Waals surface area (Å²) >= 11 is 0. The minimum Gasteiger partial charge on any atom is -0.545 e. The Morgan fingerprint density at radius 3 is 2.36 bits per heavy atom. The molecule has 8 heteroatoms. The highest BCUT2D eigenvalue weighted by Gasteiger charge is 2.18. The van der Waals surface area contributed by atoms with E-state index in [9.17, 15) is 24.6 Å². The number of rotatable bonds is 4. The van der Waals surface area contributed by atoms with E-state index in [2.05, 4.69) is 9.98 Å². The number of hydrogen-bond donors (Lipinski definition) is 2. The molecule has 28 heavy (non-hydrogen) atoms. The number of carbonyl (C=O) groups is 1. The summed E-state index contributed by atoms with van der Waals surface area (Å²) in [5.74, 6) is -1.85. The number of carboxylic acids is 1. The molecule has 0 fully saturated rings. The van der Waals surface area contributed by atoms with Crippen LogP contribution < -0.4 is 16.4 Å². The second-order valence-electron chi connectivity index (χ2n) is 6.11. The van der Waals surface area contributed by atoms with Crippen LogP contribution in [-0.2, 0) is 0 Å². The van der Waals surface area contributed by atoms with E-state index in [-0.39, 0.29) is 16.8 Å². The summed E-state index contributed by atoms with van der Waals surface area (Å²) < 4.78 is 1.00. The Hall–Kier alpha value is -3.94. The van der Waals surface area contributed by atoms with Gasteiger partial charge >= 0.3 is 5.69 Å². The first-order chi connectivity index (χ1) is 13.3. The molecule has 0 radical (unpaired) electrons. The van der Waals surface area contributed by atoms with Crippen LogP contribution in [0.4, 0.5) is 5.69 Å². The van der Waals surface area contributed by atoms with E-state index < -0.39 is 23.1 Å². The lowest BCUT2D eigenvalue weighted by Crippen LogP contribution is -2.33. The van der Waals surface area contributed by atoms with Crippen molar-refractivity contribution >= 4 is 17.4 Å². The van der Waals surface area contributed by atoms with Crippen LogP contribution in [0.25, 0.3) is 5.69 Å². The largest absolute Gasteiger partial charge is 0.545 e. The first-order valence-corrected chi connectivity index (χ1v) is 8.31. The molecule has 0 spiro atoms. The lowest BCUT2D eigenvalue weighted by atomic mass is 10.1. The fourth-order valence-electron chi connectivity index (χ4n) is 2.81. The average molecular weight is 378 g/mol. The maximum absolute atomic E-state index is 12.3. The van der Waals surface area contributed by atoms with Crippen molar-refractivity contribution in [2.24, 2.45) is 4.99 Å². The first kappa shape index (κ1) is 18.8. The third-order valence-corrected chi connectivity index (χ3v) is 4.20. The summed E-state index contributed by atoms with van der Waals surface area (Å²) in [5, 5.41) is 21.5. The SMILES string of the molecule is CC(=Nc1ccc(C(=O)[O-])cc1)c1c(O)n(-c2ccccc2C)c(=O)[nH]c1=O. The van der Waals surface area contributed by atoms with Gasteiger partial charge in [0.15, 0.2) is 0 Å². The lowest BCUT2D eigenvalue weighted by molar-refractivity contribution is -0.255. The Morgan fingerprint density at radius 2 is 1.75 bits per heavy atom. The molecule has 1 aromatic heterocycles. The van der Waals surface area contributed by atoms with Crippen molar-refractivity contribution < 1.29 is 15.0 Å². The van der Waals surface area contributed by atoms with Gasteiger partial charge in [-0.15, -0.1) is 0 Å². The normalized spacial score (nSPS) is 11.4. The molecular weight excluding hydrogens is 362 g/mol. The number of carboxylic acid groups (broad SMARTS) is 1. The van der Waals surface area contributed by atoms with Gasteiger partial charge in [-0.1, -0.05) is 30.3 Å². The highest BCUT2D eigenvalue weighted by atomic mass is 16.4. The van der Waals surface area contributed by atoms with Crippen molar-refractivity contribution in [3.8, 4) is 11.6 Å². The van der Waals surface area contributed by atoms with Gasteiger partial charge < -0.3 is 15.0 Å². The van der Waals surface area contributed by atoms with Crippen LogP contribution in [0.15, 0.2) is 63.1 Å². The summed E-state index contributed by atoms with van der Waals surface area (Å²) in [5.41, 5.74) is -0.0416. The number of aromatic hydroxyl groups is 1. The highest BCUT2D eigenvalue weighted by molar-refractivity contribution is 6.01. The van der Waals surface area contributed by atoms with E-state index in [4.69, 9.17) is 0 Å². The molecule has 3 rings (SSSR count). The Bertz CT molecular complexity index is 1200. The number of para-hydroxylation sites is 1. The van der Waals surface area contributed by atoms with Gasteiger partial charge in [0.25, 0.3) is 5.56 Å². The molecule has 0 amide bonds. The molecule has 2 N–H and O–H groups in total. The van der Waals surface area contributed by atoms with Crippen LogP contribution in [-0.4, -0.2) is 26.3 Å². The van der Waals surface area contributed by atoms with Gasteiger partial charge in [0, 0.05) is 0 Å². The third kappa shape index (κ3) is 3.48. The van der Waals surface area contributed by atoms with Gasteiger partial charge in [-0.05, 0) is 43.2 Å². The minimum atomic E-state index is -1.31. The number of H-pyrrole nitrogens is 1. The summed E-state index contributed by atoms with van der Waals surface area (Å²) in [6.07, 6.45) is 0. The van der Waals surface area contributed by atoms with Gasteiger partial charge in [-0.2, -0.15) is 0 Å². The van der Waals surface area contributed by atoms with Crippen LogP contribution in [0.2, 0.25) is 0 Å². The van der Waals surface area contributed by atoms with Crippen molar-refractivity contribution in [1.29, 1.82) is 0 Å². The predicted octanol–water partition coefficient (Wildman–Crippen LogP) is 1.04. The zero-order valence-electron chi connectivity index (χ0n) is 15.1. The molecule has 1 heterocycles. The van der Waals surface area contributed by atoms with Crippen molar-refractivity contribution in [1.82, 2.24) is 9.55 Å². The zero-order chi connectivity index (χ0) is 20.4. The number of aryl methyl sites for hydroxylation is 1. The Kier molecular flexibility index (Phi) is 4.95. The smallest absolute Gasteiger partial charge is 0.335 e. The van der Waals surface area contributed by atoms with Gasteiger partial charge in [0.1, 0.15) is 5.56 Å². The van der Waals surface area contributed by atoms with Gasteiger partial charge in [-0.3, -0.25) is 14.8 Å². The molecule has 0 aliphatic rings. The molecular formula is C20H16N3O5-. The lowest BCUT2D eigenvalue weighted by Gasteiger charge is -2.13. The fraction of sp³-hybridized carbons (Fsp3) is 0.100. The molecule has 0 saturated carbocycles. The minimum absolute atomic E-state index is 0.00889. The van der Waals surface area contributed by atoms with E-state index in [1.807, 2.05) is 0 Å². The van der Waals surface area contributed by atoms with E-state index in [0.717, 1.165) is 10.1 Å². The van der Waals surface area contributed by atoms with Crippen LogP contribution in [0.5, 0.6) is 5.88 Å². The maximum Gasteiger partial charge on any atom is 0.335 e. The molecule has 0 atom stereocenters. The number of benzene rings is 2. The second kappa shape index (κ2) is 7.36. The molecule has 142 valence electrons. The quantitative estimate of drug-likeness (QED) is 0.656. The number of hydrogen-bond acceptors (Lipinski definition) is 6. The zero-order valence-corrected chi connectivity index (χ0v) is 15.1. The van der Waals surface area contributed by atoms with E-state index in [0.29, 0.717) is 11.4 Å². The van der Waals surface area contributed by atoms with Gasteiger partial charge in [0.2, 0.25) is 5.88 Å². The van der Waals surface area contributed by atoms with Crippen LogP contribution in [0.3, 0.4) is 0 Å². The molecule has 0 aliphatic heterocycles. The number of aromatic nitrogens is 2. The highest BCUT2D eigenvalue weighted by Crippen LogP contribution is 2.21. The molecule has 0 aliphatic carbocycles. The van der Waals surface area contributed by atoms with Gasteiger partial charge in [0.05, 0.1) is 23.1 Å². The van der Waals surface area contributed by atoms with Crippen molar-refractivity contribution in [3.05, 3.63) is 86.1 Å². The molecule has 3 aromatic rings. The number of nitrogens with one attached hydrogen (secondary N) is 1. The number of aromatic carboxylic acids is 1. The standard InChI is InChI=1S/C20H17N3O5/c1-11-5-3-4-6-15(11)23-18(25)16(17(24)22-20(23)28)12(2)21-14-9-7-13(8-10-14)19(26)27/h3-10,25H,1-2H3,(H,26,27)(H,22,24,28)/p-1. The number of aromatic amines is 1. The van der Waals surface area contributed by atoms with E-state index in [1.54, 1.807) is 31.2 Å². The Balaban J connectivity index is 2.15. The van der Waals surface area contributed by atoms with E-state index in [1.165, 1.54) is 31.2 Å². The van der Waals surface area contributed by atoms with Crippen LogP contribution >= 0.6 is 0 Å². The van der Waals surface area contributed by atoms with Crippen molar-refractivity contribution in [2.75, 3.05) is 0 Å². The van der Waals surface area contributed by atoms with E-state index >= 15 is 0 Å². The molecule has 0 saturated heterocycles. The van der Waals surface area contributed by atoms with Gasteiger partial charge in [-0.25, -0.2) is 9.36 Å². The molecule has 0 bridgehead atoms. The third-order valence-electron chi connectivity index (χ3n) is 4.20. The Labute approximate surface area is 159 Å². The summed E-state index contributed by atoms with van der Waals surface area (Å²) in [6.45, 7) is 3.27. The number of nitrogens with zero attached hydrogens (tertiary/aromatic N) is 2. The molecule has 8 nitrogen and oxygen atoms in total. The molecule has 2 aromatic carbocycles. The second-order valence-corrected chi connectivity index (χ2v) is 6.11. The maximum atomic E-state index is 12.3. The predicted molar refractivity (Wildman–Crippen MR) is 102 cm³/mol. The summed E-state index contributed by atoms with van der Waals surface area (Å²) in [4.78, 5) is 41.9. The van der Waals surface area contributed by atoms with Crippen LogP contribution in [0.1, 0.15) is 28.4 Å². The average Bonchev–Trinajstić information content (AvgIpc) is 2.63. The van der Waals surface area contributed by atoms with Crippen LogP contribution in [0, 0.1) is 6.92 Å². The van der Waals surface area contributed by atoms with Crippen molar-refractivity contribution in [2.45, 2.75) is 13.8 Å². The topological polar surface area (TPSA) is 128 Å². The number of carbonyl (C=O) groups excluding carboxylic acids is 1. The molecule has 0 unspecified atom stereocenters. The summed E-state index contributed by atoms with van der Waals surface area (Å²) in [7, 11) is 0. The monoisotopic (exact) mass is 378 g/mol. The number of aliphatic imine (C=N–C) groups is 1. The van der Waals surface area contributed by atoms with Crippen molar-refractivity contribution in [3.63, 3.8) is 0 Å². The Morgan fingerprint density at radius 1 is 1.11 bits per heavy atom.